The summed E-state index contributed by atoms with van der Waals surface area (Å²) in [6, 6.07) is 0. The van der Waals surface area contributed by atoms with Crippen LogP contribution in [0.25, 0.3) is 0 Å². The van der Waals surface area contributed by atoms with Crippen molar-refractivity contribution in [2.24, 2.45) is 0 Å². The summed E-state index contributed by atoms with van der Waals surface area (Å²) in [6.07, 6.45) is 0. The SMILES string of the molecule is CCO.CO.ClC(Cl)Cl.ClCCl. The van der Waals surface area contributed by atoms with Gasteiger partial charge in [-0.05, 0) is 6.92 Å². The molecule has 0 saturated heterocycles. The second kappa shape index (κ2) is 39.4. The summed E-state index contributed by atoms with van der Waals surface area (Å²) in [5.41, 5.74) is 0. The molecule has 0 aromatic rings. The molecule has 0 aromatic heterocycles. The smallest absolute Gasteiger partial charge is 0.180 e. The van der Waals surface area contributed by atoms with Crippen LogP contribution in [-0.2, 0) is 0 Å². The fraction of sp³-hybridized carbons (Fsp3) is 1.00. The van der Waals surface area contributed by atoms with Gasteiger partial charge in [0.15, 0.2) is 4.30 Å². The van der Waals surface area contributed by atoms with E-state index in [-0.39, 0.29) is 11.9 Å². The molecule has 0 saturated carbocycles. The van der Waals surface area contributed by atoms with Crippen LogP contribution in [0.2, 0.25) is 0 Å². The third-order valence-electron chi connectivity index (χ3n) is 0. The molecule has 0 heterocycles. The van der Waals surface area contributed by atoms with E-state index < -0.39 is 4.30 Å². The molecule has 0 radical (unpaired) electrons. The molecule has 0 rings (SSSR count). The van der Waals surface area contributed by atoms with Gasteiger partial charge in [-0.25, -0.2) is 0 Å². The monoisotopic (exact) mass is 280 g/mol. The van der Waals surface area contributed by atoms with E-state index in [0.717, 1.165) is 7.11 Å². The zero-order valence-electron chi connectivity index (χ0n) is 6.78. The molecule has 0 aromatic carbocycles. The lowest BCUT2D eigenvalue weighted by molar-refractivity contribution is 0.318. The lowest BCUT2D eigenvalue weighted by atomic mass is 10.9. The van der Waals surface area contributed by atoms with E-state index in [9.17, 15) is 0 Å². The first kappa shape index (κ1) is 23.3. The normalized spacial score (nSPS) is 6.50. The first-order valence-electron chi connectivity index (χ1n) is 2.66. The average Bonchev–Trinajstić information content (AvgIpc) is 1.92. The highest BCUT2D eigenvalue weighted by molar-refractivity contribution is 6.63. The first-order valence-corrected chi connectivity index (χ1v) is 5.04. The Hall–Kier alpha value is 1.37. The van der Waals surface area contributed by atoms with Crippen molar-refractivity contribution in [1.29, 1.82) is 0 Å². The maximum Gasteiger partial charge on any atom is 0.180 e. The summed E-state index contributed by atoms with van der Waals surface area (Å²) < 4.78 is -0.750. The molecule has 0 atom stereocenters. The van der Waals surface area contributed by atoms with Crippen molar-refractivity contribution in [3.8, 4) is 0 Å². The highest BCUT2D eigenvalue weighted by Crippen LogP contribution is 2.03. The van der Waals surface area contributed by atoms with Gasteiger partial charge >= 0.3 is 0 Å². The van der Waals surface area contributed by atoms with Crippen LogP contribution in [0.15, 0.2) is 0 Å². The fourth-order valence-corrected chi connectivity index (χ4v) is 0. The largest absolute Gasteiger partial charge is 0.400 e. The molecule has 80 valence electrons. The van der Waals surface area contributed by atoms with E-state index in [1.165, 1.54) is 0 Å². The van der Waals surface area contributed by atoms with Gasteiger partial charge in [0.1, 0.15) is 0 Å². The van der Waals surface area contributed by atoms with Gasteiger partial charge in [0, 0.05) is 13.7 Å². The van der Waals surface area contributed by atoms with E-state index in [4.69, 9.17) is 68.2 Å². The van der Waals surface area contributed by atoms with Gasteiger partial charge in [0.25, 0.3) is 0 Å². The zero-order chi connectivity index (χ0) is 11.0. The molecule has 12 heavy (non-hydrogen) atoms. The van der Waals surface area contributed by atoms with Gasteiger partial charge in [-0.3, -0.25) is 0 Å². The maximum atomic E-state index is 7.57. The molecule has 0 spiro atoms. The van der Waals surface area contributed by atoms with Crippen LogP contribution >= 0.6 is 58.0 Å². The minimum absolute atomic E-state index is 0.194. The Balaban J connectivity index is -0.0000000368. The predicted molar refractivity (Wildman–Crippen MR) is 58.8 cm³/mol. The summed E-state index contributed by atoms with van der Waals surface area (Å²) in [6.45, 7) is 1.93. The summed E-state index contributed by atoms with van der Waals surface area (Å²) >= 11 is 23.9. The van der Waals surface area contributed by atoms with Crippen molar-refractivity contribution < 1.29 is 10.2 Å². The Morgan fingerprint density at radius 2 is 1.08 bits per heavy atom. The first-order chi connectivity index (χ1) is 5.56. The van der Waals surface area contributed by atoms with E-state index in [0.29, 0.717) is 0 Å². The molecule has 0 aliphatic rings. The van der Waals surface area contributed by atoms with E-state index in [1.54, 1.807) is 6.92 Å². The number of aliphatic hydroxyl groups excluding tert-OH is 2. The van der Waals surface area contributed by atoms with Crippen LogP contribution in [0, 0.1) is 0 Å². The van der Waals surface area contributed by atoms with Crippen molar-refractivity contribution in [1.82, 2.24) is 0 Å². The third kappa shape index (κ3) is 651. The molecule has 0 aliphatic carbocycles. The highest BCUT2D eigenvalue weighted by atomic mass is 35.6. The number of aliphatic hydroxyl groups is 2. The Morgan fingerprint density at radius 1 is 1.08 bits per heavy atom. The minimum Gasteiger partial charge on any atom is -0.400 e. The molecule has 2 nitrogen and oxygen atoms in total. The predicted octanol–water partition coefficient (Wildman–Crippen LogP) is 3.02. The number of hydrogen-bond donors (Lipinski definition) is 2. The molecule has 0 bridgehead atoms. The van der Waals surface area contributed by atoms with Crippen LogP contribution in [0.3, 0.4) is 0 Å². The van der Waals surface area contributed by atoms with Gasteiger partial charge < -0.3 is 10.2 Å². The van der Waals surface area contributed by atoms with Crippen molar-refractivity contribution in [2.45, 2.75) is 11.2 Å². The maximum absolute atomic E-state index is 7.57. The van der Waals surface area contributed by atoms with Gasteiger partial charge in [0.05, 0.1) is 5.34 Å². The molecule has 0 amide bonds. The summed E-state index contributed by atoms with van der Waals surface area (Å²) in [5.74, 6) is 0. The fourth-order valence-electron chi connectivity index (χ4n) is 0. The lowest BCUT2D eigenvalue weighted by Gasteiger charge is -1.69. The summed E-state index contributed by atoms with van der Waals surface area (Å²) in [5, 5.41) is 14.8. The van der Waals surface area contributed by atoms with Crippen molar-refractivity contribution in [3.63, 3.8) is 0 Å². The number of halogens is 5. The van der Waals surface area contributed by atoms with Crippen LogP contribution in [0.4, 0.5) is 0 Å². The second-order valence-electron chi connectivity index (χ2n) is 0.665. The van der Waals surface area contributed by atoms with Crippen molar-refractivity contribution in [2.75, 3.05) is 19.1 Å². The summed E-state index contributed by atoms with van der Waals surface area (Å²) in [4.78, 5) is 0. The lowest BCUT2D eigenvalue weighted by Crippen LogP contribution is -1.57. The molecule has 0 unspecified atom stereocenters. The number of rotatable bonds is 0. The minimum atomic E-state index is -0.750. The topological polar surface area (TPSA) is 40.5 Å². The molecule has 2 N–H and O–H groups in total. The quantitative estimate of drug-likeness (QED) is 0.671. The van der Waals surface area contributed by atoms with Gasteiger partial charge in [-0.2, -0.15) is 0 Å². The van der Waals surface area contributed by atoms with E-state index in [2.05, 4.69) is 0 Å². The Kier molecular flexibility index (Phi) is 76.5. The zero-order valence-corrected chi connectivity index (χ0v) is 10.6. The van der Waals surface area contributed by atoms with Crippen LogP contribution in [0.5, 0.6) is 0 Å². The van der Waals surface area contributed by atoms with Crippen molar-refractivity contribution >= 4 is 58.0 Å². The summed E-state index contributed by atoms with van der Waals surface area (Å²) in [7, 11) is 1.00. The molecule has 7 heteroatoms. The molecular formula is C5H13Cl5O2. The van der Waals surface area contributed by atoms with Gasteiger partial charge in [0.2, 0.25) is 0 Å². The van der Waals surface area contributed by atoms with Gasteiger partial charge in [-0.1, -0.05) is 34.8 Å². The number of hydrogen-bond acceptors (Lipinski definition) is 2. The van der Waals surface area contributed by atoms with E-state index in [1.807, 2.05) is 0 Å². The molecule has 0 fully saturated rings. The second-order valence-corrected chi connectivity index (χ2v) is 3.45. The molecular weight excluding hydrogens is 269 g/mol. The Labute approximate surface area is 98.3 Å². The Morgan fingerprint density at radius 3 is 1.08 bits per heavy atom. The van der Waals surface area contributed by atoms with Crippen LogP contribution in [0.1, 0.15) is 6.92 Å². The standard InChI is InChI=1S/C2H6O.CHCl3.CH2Cl2.CH4O/c1-2-3;2-1(3)4;2-1-3;1-2/h3H,2H2,1H3;1H;1H2;2H,1H3. The van der Waals surface area contributed by atoms with Gasteiger partial charge in [-0.15, -0.1) is 23.2 Å². The average molecular weight is 282 g/mol. The van der Waals surface area contributed by atoms with Crippen LogP contribution in [-0.4, -0.2) is 33.6 Å². The van der Waals surface area contributed by atoms with Crippen molar-refractivity contribution in [3.05, 3.63) is 0 Å². The van der Waals surface area contributed by atoms with Crippen LogP contribution < -0.4 is 0 Å². The van der Waals surface area contributed by atoms with E-state index >= 15 is 0 Å². The number of alkyl halides is 5. The third-order valence-corrected chi connectivity index (χ3v) is 0. The highest BCUT2D eigenvalue weighted by Gasteiger charge is 1.78. The Bertz CT molecular complexity index is 34.3. The molecule has 0 aliphatic heterocycles.